The zero-order valence-corrected chi connectivity index (χ0v) is 20.2. The summed E-state index contributed by atoms with van der Waals surface area (Å²) in [5.74, 6) is 0.586. The number of aliphatic hydroxyl groups excluding tert-OH is 1. The van der Waals surface area contributed by atoms with Crippen molar-refractivity contribution in [3.05, 3.63) is 63.4 Å². The minimum Gasteiger partial charge on any atom is -0.497 e. The Kier molecular flexibility index (Phi) is 5.94. The second kappa shape index (κ2) is 8.85. The predicted molar refractivity (Wildman–Crippen MR) is 131 cm³/mol. The molecular formula is C26H27F3N4O3. The SMILES string of the molecule is COc1cc(C)cc(-c2nn(-c3cc(N4CCC(O)C4)ccc3C(F)(F)F)c(=O)c3c2CC(C)N3)c1. The average molecular weight is 501 g/mol. The molecule has 0 bridgehead atoms. The van der Waals surface area contributed by atoms with Gasteiger partial charge in [0, 0.05) is 35.9 Å². The van der Waals surface area contributed by atoms with Crippen LogP contribution in [0.3, 0.4) is 0 Å². The number of aromatic nitrogens is 2. The number of halogens is 3. The number of rotatable bonds is 4. The molecule has 2 unspecified atom stereocenters. The van der Waals surface area contributed by atoms with E-state index < -0.39 is 23.4 Å². The zero-order valence-electron chi connectivity index (χ0n) is 20.2. The number of nitrogens with one attached hydrogen (secondary N) is 1. The van der Waals surface area contributed by atoms with Gasteiger partial charge < -0.3 is 20.1 Å². The van der Waals surface area contributed by atoms with Crippen molar-refractivity contribution in [3.63, 3.8) is 0 Å². The maximum absolute atomic E-state index is 14.1. The number of nitrogens with zero attached hydrogens (tertiary/aromatic N) is 3. The van der Waals surface area contributed by atoms with Crippen molar-refractivity contribution in [1.82, 2.24) is 9.78 Å². The zero-order chi connectivity index (χ0) is 25.8. The minimum atomic E-state index is -4.70. The molecule has 0 aliphatic carbocycles. The molecule has 2 atom stereocenters. The van der Waals surface area contributed by atoms with Crippen LogP contribution in [0, 0.1) is 6.92 Å². The van der Waals surface area contributed by atoms with E-state index in [-0.39, 0.29) is 17.4 Å². The van der Waals surface area contributed by atoms with Crippen molar-refractivity contribution < 1.29 is 23.0 Å². The van der Waals surface area contributed by atoms with Crippen molar-refractivity contribution in [1.29, 1.82) is 0 Å². The normalized spacial score (nSPS) is 19.4. The minimum absolute atomic E-state index is 0.0738. The van der Waals surface area contributed by atoms with Crippen LogP contribution in [0.2, 0.25) is 0 Å². The van der Waals surface area contributed by atoms with E-state index >= 15 is 0 Å². The van der Waals surface area contributed by atoms with Gasteiger partial charge >= 0.3 is 6.18 Å². The lowest BCUT2D eigenvalue weighted by molar-refractivity contribution is -0.137. The number of ether oxygens (including phenoxy) is 1. The molecule has 0 saturated carbocycles. The van der Waals surface area contributed by atoms with Gasteiger partial charge in [0.25, 0.3) is 5.56 Å². The third kappa shape index (κ3) is 4.30. The summed E-state index contributed by atoms with van der Waals surface area (Å²) in [5, 5.41) is 17.6. The van der Waals surface area contributed by atoms with E-state index in [9.17, 15) is 23.1 Å². The summed E-state index contributed by atoms with van der Waals surface area (Å²) in [7, 11) is 1.54. The summed E-state index contributed by atoms with van der Waals surface area (Å²) < 4.78 is 48.6. The molecule has 2 N–H and O–H groups in total. The van der Waals surface area contributed by atoms with Gasteiger partial charge in [-0.3, -0.25) is 4.79 Å². The highest BCUT2D eigenvalue weighted by atomic mass is 19.4. The Hall–Kier alpha value is -3.53. The molecule has 36 heavy (non-hydrogen) atoms. The summed E-state index contributed by atoms with van der Waals surface area (Å²) in [6.45, 7) is 4.61. The Labute approximate surface area is 206 Å². The smallest absolute Gasteiger partial charge is 0.418 e. The average Bonchev–Trinajstić information content (AvgIpc) is 3.43. The largest absolute Gasteiger partial charge is 0.497 e. The van der Waals surface area contributed by atoms with Crippen LogP contribution in [0.5, 0.6) is 5.75 Å². The lowest BCUT2D eigenvalue weighted by Crippen LogP contribution is -2.28. The van der Waals surface area contributed by atoms with E-state index in [0.717, 1.165) is 16.3 Å². The predicted octanol–water partition coefficient (Wildman–Crippen LogP) is 4.16. The molecule has 2 aliphatic rings. The van der Waals surface area contributed by atoms with Crippen LogP contribution in [0.15, 0.2) is 41.2 Å². The van der Waals surface area contributed by atoms with Crippen LogP contribution >= 0.6 is 0 Å². The first-order valence-electron chi connectivity index (χ1n) is 11.8. The summed E-state index contributed by atoms with van der Waals surface area (Å²) in [4.78, 5) is 15.3. The lowest BCUT2D eigenvalue weighted by Gasteiger charge is -2.22. The van der Waals surface area contributed by atoms with Gasteiger partial charge in [0.1, 0.15) is 11.4 Å². The van der Waals surface area contributed by atoms with Gasteiger partial charge in [-0.25, -0.2) is 0 Å². The summed E-state index contributed by atoms with van der Waals surface area (Å²) in [5.41, 5.74) is 1.44. The summed E-state index contributed by atoms with van der Waals surface area (Å²) >= 11 is 0. The third-order valence-electron chi connectivity index (χ3n) is 6.70. The van der Waals surface area contributed by atoms with Crippen molar-refractivity contribution >= 4 is 11.4 Å². The summed E-state index contributed by atoms with van der Waals surface area (Å²) in [6, 6.07) is 9.08. The third-order valence-corrected chi connectivity index (χ3v) is 6.70. The van der Waals surface area contributed by atoms with Crippen molar-refractivity contribution in [3.8, 4) is 22.7 Å². The van der Waals surface area contributed by atoms with Crippen LogP contribution in [-0.4, -0.2) is 47.2 Å². The molecule has 1 fully saturated rings. The van der Waals surface area contributed by atoms with Gasteiger partial charge in [0.2, 0.25) is 0 Å². The number of β-amino-alcohol motifs (C(OH)–C–C–N with tert-alkyl or cyclic N) is 1. The Bertz CT molecular complexity index is 1390. The first-order valence-corrected chi connectivity index (χ1v) is 11.8. The molecule has 1 aromatic heterocycles. The van der Waals surface area contributed by atoms with E-state index in [1.54, 1.807) is 11.0 Å². The second-order valence-corrected chi connectivity index (χ2v) is 9.50. The molecule has 7 nitrogen and oxygen atoms in total. The van der Waals surface area contributed by atoms with E-state index in [2.05, 4.69) is 10.4 Å². The molecule has 0 spiro atoms. The standard InChI is InChI=1S/C26H27F3N4O3/c1-14-8-16(11-19(9-14)36-3)23-20-10-15(2)30-24(20)25(35)33(31-23)22-12-17(32-7-6-18(34)13-32)4-5-21(22)26(27,28)29/h4-5,8-9,11-12,15,18,30,34H,6-7,10,13H2,1-3H3. The Morgan fingerprint density at radius 1 is 1.19 bits per heavy atom. The highest BCUT2D eigenvalue weighted by Crippen LogP contribution is 2.38. The van der Waals surface area contributed by atoms with Crippen molar-refractivity contribution in [2.45, 2.75) is 45.0 Å². The topological polar surface area (TPSA) is 79.6 Å². The first kappa shape index (κ1) is 24.2. The van der Waals surface area contributed by atoms with Crippen LogP contribution in [-0.2, 0) is 12.6 Å². The molecule has 10 heteroatoms. The maximum Gasteiger partial charge on any atom is 0.418 e. The number of benzene rings is 2. The Morgan fingerprint density at radius 2 is 1.97 bits per heavy atom. The van der Waals surface area contributed by atoms with Crippen LogP contribution in [0.1, 0.15) is 30.0 Å². The van der Waals surface area contributed by atoms with Gasteiger partial charge in [0.05, 0.1) is 30.2 Å². The van der Waals surface area contributed by atoms with Crippen molar-refractivity contribution in [2.24, 2.45) is 0 Å². The van der Waals surface area contributed by atoms with Gasteiger partial charge in [-0.2, -0.15) is 23.0 Å². The van der Waals surface area contributed by atoms with Crippen molar-refractivity contribution in [2.75, 3.05) is 30.4 Å². The number of anilines is 2. The van der Waals surface area contributed by atoms with E-state index in [1.807, 2.05) is 26.0 Å². The molecule has 2 aromatic carbocycles. The molecule has 0 amide bonds. The molecule has 3 aromatic rings. The second-order valence-electron chi connectivity index (χ2n) is 9.50. The van der Waals surface area contributed by atoms with Crippen LogP contribution in [0.4, 0.5) is 24.5 Å². The lowest BCUT2D eigenvalue weighted by atomic mass is 10.0. The number of methoxy groups -OCH3 is 1. The fraction of sp³-hybridized carbons (Fsp3) is 0.385. The van der Waals surface area contributed by atoms with E-state index in [4.69, 9.17) is 4.74 Å². The quantitative estimate of drug-likeness (QED) is 0.560. The molecular weight excluding hydrogens is 473 g/mol. The molecule has 0 radical (unpaired) electrons. The van der Waals surface area contributed by atoms with Gasteiger partial charge in [0.15, 0.2) is 0 Å². The first-order chi connectivity index (χ1) is 17.0. The number of alkyl halides is 3. The number of aryl methyl sites for hydroxylation is 1. The number of fused-ring (bicyclic) bond motifs is 1. The number of aliphatic hydroxyl groups is 1. The molecule has 190 valence electrons. The fourth-order valence-corrected chi connectivity index (χ4v) is 5.02. The monoisotopic (exact) mass is 500 g/mol. The van der Waals surface area contributed by atoms with Gasteiger partial charge in [-0.1, -0.05) is 0 Å². The molecule has 1 saturated heterocycles. The molecule has 2 aliphatic heterocycles. The number of hydrogen-bond acceptors (Lipinski definition) is 6. The Balaban J connectivity index is 1.76. The van der Waals surface area contributed by atoms with Crippen LogP contribution in [0.25, 0.3) is 16.9 Å². The Morgan fingerprint density at radius 3 is 2.64 bits per heavy atom. The molecule has 3 heterocycles. The fourth-order valence-electron chi connectivity index (χ4n) is 5.02. The van der Waals surface area contributed by atoms with E-state index in [0.29, 0.717) is 54.2 Å². The van der Waals surface area contributed by atoms with E-state index in [1.165, 1.54) is 19.2 Å². The van der Waals surface area contributed by atoms with Gasteiger partial charge in [-0.15, -0.1) is 0 Å². The number of hydrogen-bond donors (Lipinski definition) is 2. The highest BCUT2D eigenvalue weighted by Gasteiger charge is 2.36. The maximum atomic E-state index is 14.1. The highest BCUT2D eigenvalue weighted by molar-refractivity contribution is 5.74. The molecule has 5 rings (SSSR count). The van der Waals surface area contributed by atoms with Gasteiger partial charge in [-0.05, 0) is 68.7 Å². The summed E-state index contributed by atoms with van der Waals surface area (Å²) in [6.07, 6.45) is -4.22. The van der Waals surface area contributed by atoms with Crippen LogP contribution < -0.4 is 20.5 Å².